The first-order valence-corrected chi connectivity index (χ1v) is 8.30. The van der Waals surface area contributed by atoms with Crippen LogP contribution in [0.15, 0.2) is 42.9 Å². The molecule has 0 atom stereocenters. The van der Waals surface area contributed by atoms with Gasteiger partial charge in [-0.3, -0.25) is 9.78 Å². The lowest BCUT2D eigenvalue weighted by Crippen LogP contribution is -2.44. The zero-order valence-electron chi connectivity index (χ0n) is 14.2. The van der Waals surface area contributed by atoms with E-state index in [1.165, 1.54) is 0 Å². The summed E-state index contributed by atoms with van der Waals surface area (Å²) in [5, 5.41) is 0. The zero-order chi connectivity index (χ0) is 16.9. The van der Waals surface area contributed by atoms with Gasteiger partial charge in [-0.15, -0.1) is 0 Å². The number of amides is 1. The third-order valence-electron chi connectivity index (χ3n) is 4.36. The number of pyridine rings is 2. The highest BCUT2D eigenvalue weighted by molar-refractivity contribution is 6.06. The summed E-state index contributed by atoms with van der Waals surface area (Å²) in [5.41, 5.74) is 1.52. The topological polar surface area (TPSA) is 52.6 Å². The van der Waals surface area contributed by atoms with Crippen molar-refractivity contribution in [1.29, 1.82) is 0 Å². The lowest BCUT2D eigenvalue weighted by Gasteiger charge is -2.33. The largest absolute Gasteiger partial charge is 0.354 e. The van der Waals surface area contributed by atoms with Crippen molar-refractivity contribution in [3.05, 3.63) is 48.4 Å². The van der Waals surface area contributed by atoms with Gasteiger partial charge in [0.15, 0.2) is 0 Å². The standard InChI is InChI=1S/C18H23N5O/c1-3-23(16-5-7-19-8-6-16)18(24)15-4-9-20-17(14-15)22-12-10-21(2)11-13-22/h4-9,14H,3,10-13H2,1-2H3. The molecule has 1 aliphatic heterocycles. The van der Waals surface area contributed by atoms with E-state index in [-0.39, 0.29) is 5.91 Å². The van der Waals surface area contributed by atoms with Crippen LogP contribution in [0.5, 0.6) is 0 Å². The molecule has 0 aromatic carbocycles. The van der Waals surface area contributed by atoms with Crippen LogP contribution in [0.25, 0.3) is 0 Å². The van der Waals surface area contributed by atoms with Gasteiger partial charge in [-0.05, 0) is 38.2 Å². The molecule has 6 nitrogen and oxygen atoms in total. The van der Waals surface area contributed by atoms with Gasteiger partial charge in [0.1, 0.15) is 5.82 Å². The highest BCUT2D eigenvalue weighted by atomic mass is 16.2. The number of aromatic nitrogens is 2. The van der Waals surface area contributed by atoms with Crippen LogP contribution in [0.3, 0.4) is 0 Å². The second-order valence-electron chi connectivity index (χ2n) is 5.95. The van der Waals surface area contributed by atoms with Crippen molar-refractivity contribution in [2.45, 2.75) is 6.92 Å². The highest BCUT2D eigenvalue weighted by Gasteiger charge is 2.19. The Labute approximate surface area is 142 Å². The molecule has 24 heavy (non-hydrogen) atoms. The fourth-order valence-corrected chi connectivity index (χ4v) is 2.88. The maximum Gasteiger partial charge on any atom is 0.258 e. The first-order valence-electron chi connectivity index (χ1n) is 8.30. The zero-order valence-corrected chi connectivity index (χ0v) is 14.2. The SMILES string of the molecule is CCN(C(=O)c1ccnc(N2CCN(C)CC2)c1)c1ccncc1. The average Bonchev–Trinajstić information content (AvgIpc) is 2.64. The van der Waals surface area contributed by atoms with Gasteiger partial charge in [-0.1, -0.05) is 0 Å². The van der Waals surface area contributed by atoms with Crippen molar-refractivity contribution >= 4 is 17.4 Å². The Morgan fingerprint density at radius 3 is 2.50 bits per heavy atom. The fraction of sp³-hybridized carbons (Fsp3) is 0.389. The molecule has 1 fully saturated rings. The van der Waals surface area contributed by atoms with Crippen molar-refractivity contribution in [3.8, 4) is 0 Å². The summed E-state index contributed by atoms with van der Waals surface area (Å²) in [6.45, 7) is 6.47. The van der Waals surface area contributed by atoms with Crippen molar-refractivity contribution in [1.82, 2.24) is 14.9 Å². The third-order valence-corrected chi connectivity index (χ3v) is 4.36. The number of carbonyl (C=O) groups is 1. The van der Waals surface area contributed by atoms with Crippen LogP contribution < -0.4 is 9.80 Å². The van der Waals surface area contributed by atoms with Gasteiger partial charge < -0.3 is 14.7 Å². The van der Waals surface area contributed by atoms with Crippen LogP contribution in [-0.4, -0.2) is 60.5 Å². The van der Waals surface area contributed by atoms with Gasteiger partial charge in [-0.25, -0.2) is 4.98 Å². The number of hydrogen-bond acceptors (Lipinski definition) is 5. The summed E-state index contributed by atoms with van der Waals surface area (Å²) in [6.07, 6.45) is 5.13. The van der Waals surface area contributed by atoms with E-state index >= 15 is 0 Å². The van der Waals surface area contributed by atoms with Crippen LogP contribution in [0.4, 0.5) is 11.5 Å². The summed E-state index contributed by atoms with van der Waals surface area (Å²) in [5.74, 6) is 0.862. The number of rotatable bonds is 4. The van der Waals surface area contributed by atoms with E-state index in [1.54, 1.807) is 29.6 Å². The molecule has 0 bridgehead atoms. The minimum absolute atomic E-state index is 0.0125. The smallest absolute Gasteiger partial charge is 0.258 e. The van der Waals surface area contributed by atoms with Crippen LogP contribution in [0.1, 0.15) is 17.3 Å². The molecule has 0 radical (unpaired) electrons. The number of piperazine rings is 1. The number of likely N-dealkylation sites (N-methyl/N-ethyl adjacent to an activating group) is 1. The van der Waals surface area contributed by atoms with E-state index in [9.17, 15) is 4.79 Å². The van der Waals surface area contributed by atoms with Gasteiger partial charge in [0, 0.05) is 62.6 Å². The average molecular weight is 325 g/mol. The van der Waals surface area contributed by atoms with Gasteiger partial charge in [0.25, 0.3) is 5.91 Å². The van der Waals surface area contributed by atoms with Crippen LogP contribution in [-0.2, 0) is 0 Å². The molecule has 3 rings (SSSR count). The lowest BCUT2D eigenvalue weighted by molar-refractivity contribution is 0.0988. The van der Waals surface area contributed by atoms with Crippen LogP contribution >= 0.6 is 0 Å². The molecule has 0 N–H and O–H groups in total. The summed E-state index contributed by atoms with van der Waals surface area (Å²) in [4.78, 5) is 27.7. The van der Waals surface area contributed by atoms with Gasteiger partial charge in [0.2, 0.25) is 0 Å². The maximum absolute atomic E-state index is 12.9. The molecule has 3 heterocycles. The van der Waals surface area contributed by atoms with Gasteiger partial charge in [-0.2, -0.15) is 0 Å². The first kappa shape index (κ1) is 16.4. The monoisotopic (exact) mass is 325 g/mol. The van der Waals surface area contributed by atoms with E-state index in [0.29, 0.717) is 12.1 Å². The van der Waals surface area contributed by atoms with E-state index in [1.807, 2.05) is 25.1 Å². The molecule has 2 aromatic rings. The summed E-state index contributed by atoms with van der Waals surface area (Å²) in [7, 11) is 2.12. The third kappa shape index (κ3) is 3.54. The highest BCUT2D eigenvalue weighted by Crippen LogP contribution is 2.19. The number of carbonyl (C=O) groups excluding carboxylic acids is 1. The number of nitrogens with zero attached hydrogens (tertiary/aromatic N) is 5. The molecular formula is C18H23N5O. The van der Waals surface area contributed by atoms with E-state index in [2.05, 4.69) is 26.8 Å². The molecule has 0 aliphatic carbocycles. The number of anilines is 2. The molecule has 126 valence electrons. The molecule has 1 saturated heterocycles. The second-order valence-corrected chi connectivity index (χ2v) is 5.95. The van der Waals surface area contributed by atoms with Gasteiger partial charge >= 0.3 is 0 Å². The molecule has 6 heteroatoms. The maximum atomic E-state index is 12.9. The Morgan fingerprint density at radius 1 is 1.12 bits per heavy atom. The quantitative estimate of drug-likeness (QED) is 0.859. The summed E-state index contributed by atoms with van der Waals surface area (Å²) >= 11 is 0. The summed E-state index contributed by atoms with van der Waals surface area (Å²) < 4.78 is 0. The predicted molar refractivity (Wildman–Crippen MR) is 95.5 cm³/mol. The van der Waals surface area contributed by atoms with E-state index < -0.39 is 0 Å². The Kier molecular flexibility index (Phi) is 5.05. The molecule has 0 spiro atoms. The molecule has 1 amide bonds. The van der Waals surface area contributed by atoms with Crippen molar-refractivity contribution < 1.29 is 4.79 Å². The van der Waals surface area contributed by atoms with Crippen LogP contribution in [0.2, 0.25) is 0 Å². The van der Waals surface area contributed by atoms with E-state index in [4.69, 9.17) is 0 Å². The molecular weight excluding hydrogens is 302 g/mol. The number of hydrogen-bond donors (Lipinski definition) is 0. The molecule has 2 aromatic heterocycles. The summed E-state index contributed by atoms with van der Waals surface area (Å²) in [6, 6.07) is 7.39. The van der Waals surface area contributed by atoms with Gasteiger partial charge in [0.05, 0.1) is 0 Å². The fourth-order valence-electron chi connectivity index (χ4n) is 2.88. The Balaban J connectivity index is 1.81. The van der Waals surface area contributed by atoms with Crippen molar-refractivity contribution in [2.24, 2.45) is 0 Å². The molecule has 1 aliphatic rings. The van der Waals surface area contributed by atoms with Crippen molar-refractivity contribution in [3.63, 3.8) is 0 Å². The van der Waals surface area contributed by atoms with E-state index in [0.717, 1.165) is 37.7 Å². The normalized spacial score (nSPS) is 15.3. The predicted octanol–water partition coefficient (Wildman–Crippen LogP) is 1.90. The minimum Gasteiger partial charge on any atom is -0.354 e. The first-order chi connectivity index (χ1) is 11.7. The van der Waals surface area contributed by atoms with Crippen LogP contribution in [0, 0.1) is 0 Å². The Bertz CT molecular complexity index is 683. The molecule has 0 unspecified atom stereocenters. The minimum atomic E-state index is -0.0125. The second kappa shape index (κ2) is 7.40. The Hall–Kier alpha value is -2.47. The molecule has 0 saturated carbocycles. The Morgan fingerprint density at radius 2 is 1.83 bits per heavy atom. The van der Waals surface area contributed by atoms with Crippen molar-refractivity contribution in [2.75, 3.05) is 49.6 Å². The lowest BCUT2D eigenvalue weighted by atomic mass is 10.2.